The van der Waals surface area contributed by atoms with Gasteiger partial charge < -0.3 is 10.5 Å². The smallest absolute Gasteiger partial charge is 0.240 e. The van der Waals surface area contributed by atoms with Crippen molar-refractivity contribution in [2.75, 3.05) is 5.73 Å². The fraction of sp³-hybridized carbons (Fsp3) is 0. The lowest BCUT2D eigenvalue weighted by Crippen LogP contribution is -1.92. The number of thiophene rings is 1. The van der Waals surface area contributed by atoms with Gasteiger partial charge in [0.2, 0.25) is 5.88 Å². The summed E-state index contributed by atoms with van der Waals surface area (Å²) in [5, 5.41) is 1.96. The molecule has 90 valence electrons. The SMILES string of the molecule is Nc1ccc(Br)c(Oc2ncnc3ccsc23)c1. The van der Waals surface area contributed by atoms with Crippen molar-refractivity contribution in [1.29, 1.82) is 0 Å². The molecule has 0 fully saturated rings. The van der Waals surface area contributed by atoms with Gasteiger partial charge >= 0.3 is 0 Å². The van der Waals surface area contributed by atoms with Gasteiger partial charge in [0.05, 0.1) is 9.99 Å². The minimum Gasteiger partial charge on any atom is -0.436 e. The van der Waals surface area contributed by atoms with Gasteiger partial charge in [0.15, 0.2) is 0 Å². The molecule has 2 heterocycles. The molecular weight excluding hydrogens is 314 g/mol. The van der Waals surface area contributed by atoms with Crippen molar-refractivity contribution in [2.24, 2.45) is 0 Å². The number of hydrogen-bond donors (Lipinski definition) is 1. The Bertz CT molecular complexity index is 713. The Hall–Kier alpha value is -1.66. The fourth-order valence-electron chi connectivity index (χ4n) is 1.54. The van der Waals surface area contributed by atoms with Crippen LogP contribution in [0.4, 0.5) is 5.69 Å². The number of hydrogen-bond acceptors (Lipinski definition) is 5. The minimum atomic E-state index is 0.543. The third kappa shape index (κ3) is 2.04. The number of nitrogens with two attached hydrogens (primary N) is 1. The lowest BCUT2D eigenvalue weighted by atomic mass is 10.3. The Balaban J connectivity index is 2.06. The van der Waals surface area contributed by atoms with E-state index in [-0.39, 0.29) is 0 Å². The highest BCUT2D eigenvalue weighted by atomic mass is 79.9. The zero-order valence-electron chi connectivity index (χ0n) is 9.13. The van der Waals surface area contributed by atoms with E-state index in [1.807, 2.05) is 17.5 Å². The molecule has 18 heavy (non-hydrogen) atoms. The van der Waals surface area contributed by atoms with Crippen LogP contribution in [0.15, 0.2) is 40.4 Å². The van der Waals surface area contributed by atoms with Crippen LogP contribution in [0.1, 0.15) is 0 Å². The molecule has 0 saturated carbocycles. The van der Waals surface area contributed by atoms with Crippen LogP contribution in [0.2, 0.25) is 0 Å². The summed E-state index contributed by atoms with van der Waals surface area (Å²) in [5.41, 5.74) is 7.27. The largest absolute Gasteiger partial charge is 0.436 e. The molecule has 3 rings (SSSR count). The Kier molecular flexibility index (Phi) is 2.89. The van der Waals surface area contributed by atoms with E-state index >= 15 is 0 Å². The molecule has 0 radical (unpaired) electrons. The van der Waals surface area contributed by atoms with Gasteiger partial charge in [0.1, 0.15) is 16.8 Å². The third-order valence-electron chi connectivity index (χ3n) is 2.37. The highest BCUT2D eigenvalue weighted by Gasteiger charge is 2.09. The van der Waals surface area contributed by atoms with Crippen molar-refractivity contribution in [2.45, 2.75) is 0 Å². The number of benzene rings is 1. The fourth-order valence-corrected chi connectivity index (χ4v) is 2.64. The summed E-state index contributed by atoms with van der Waals surface area (Å²) < 4.78 is 7.55. The van der Waals surface area contributed by atoms with Crippen molar-refractivity contribution in [3.8, 4) is 11.6 Å². The number of fused-ring (bicyclic) bond motifs is 1. The van der Waals surface area contributed by atoms with E-state index in [1.165, 1.54) is 6.33 Å². The van der Waals surface area contributed by atoms with E-state index in [1.54, 1.807) is 23.5 Å². The predicted molar refractivity (Wildman–Crippen MR) is 76.0 cm³/mol. The number of rotatable bonds is 2. The van der Waals surface area contributed by atoms with Crippen LogP contribution in [0, 0.1) is 0 Å². The van der Waals surface area contributed by atoms with E-state index < -0.39 is 0 Å². The summed E-state index contributed by atoms with van der Waals surface area (Å²) in [4.78, 5) is 8.33. The van der Waals surface area contributed by atoms with Crippen LogP contribution in [-0.4, -0.2) is 9.97 Å². The van der Waals surface area contributed by atoms with Crippen molar-refractivity contribution in [3.05, 3.63) is 40.4 Å². The van der Waals surface area contributed by atoms with Crippen molar-refractivity contribution in [3.63, 3.8) is 0 Å². The van der Waals surface area contributed by atoms with Crippen molar-refractivity contribution < 1.29 is 4.74 Å². The van der Waals surface area contributed by atoms with Crippen molar-refractivity contribution >= 4 is 43.2 Å². The monoisotopic (exact) mass is 321 g/mol. The summed E-state index contributed by atoms with van der Waals surface area (Å²) >= 11 is 4.97. The Morgan fingerprint density at radius 1 is 1.22 bits per heavy atom. The molecule has 0 aliphatic carbocycles. The maximum Gasteiger partial charge on any atom is 0.240 e. The quantitative estimate of drug-likeness (QED) is 0.729. The highest BCUT2D eigenvalue weighted by molar-refractivity contribution is 9.10. The number of nitrogens with zero attached hydrogens (tertiary/aromatic N) is 2. The summed E-state index contributed by atoms with van der Waals surface area (Å²) in [7, 11) is 0. The summed E-state index contributed by atoms with van der Waals surface area (Å²) in [6, 6.07) is 7.34. The number of nitrogen functional groups attached to an aromatic ring is 1. The van der Waals surface area contributed by atoms with Gasteiger partial charge in [0.25, 0.3) is 0 Å². The predicted octanol–water partition coefficient (Wildman–Crippen LogP) is 3.83. The molecule has 4 nitrogen and oxygen atoms in total. The molecule has 0 aliphatic rings. The zero-order chi connectivity index (χ0) is 12.5. The van der Waals surface area contributed by atoms with Crippen LogP contribution in [0.5, 0.6) is 11.6 Å². The first-order valence-electron chi connectivity index (χ1n) is 5.15. The average molecular weight is 322 g/mol. The average Bonchev–Trinajstić information content (AvgIpc) is 2.83. The molecule has 0 unspecified atom stereocenters. The Morgan fingerprint density at radius 2 is 2.11 bits per heavy atom. The molecule has 0 amide bonds. The van der Waals surface area contributed by atoms with Gasteiger partial charge in [-0.05, 0) is 39.5 Å². The van der Waals surface area contributed by atoms with Crippen LogP contribution >= 0.6 is 27.3 Å². The zero-order valence-corrected chi connectivity index (χ0v) is 11.5. The molecule has 6 heteroatoms. The molecule has 0 atom stereocenters. The molecule has 0 saturated heterocycles. The summed E-state index contributed by atoms with van der Waals surface area (Å²) in [6.45, 7) is 0. The van der Waals surface area contributed by atoms with E-state index in [0.717, 1.165) is 14.7 Å². The molecule has 0 bridgehead atoms. The molecule has 0 spiro atoms. The molecule has 3 aromatic rings. The molecule has 2 N–H and O–H groups in total. The van der Waals surface area contributed by atoms with Gasteiger partial charge in [-0.25, -0.2) is 9.97 Å². The number of aromatic nitrogens is 2. The summed E-state index contributed by atoms with van der Waals surface area (Å²) in [5.74, 6) is 1.18. The second kappa shape index (κ2) is 4.55. The standard InChI is InChI=1S/C12H8BrN3OS/c13-8-2-1-7(14)5-10(8)17-12-11-9(3-4-18-11)15-6-16-12/h1-6H,14H2. The van der Waals surface area contributed by atoms with Crippen LogP contribution in [0.3, 0.4) is 0 Å². The van der Waals surface area contributed by atoms with Gasteiger partial charge in [-0.15, -0.1) is 11.3 Å². The minimum absolute atomic E-state index is 0.543. The third-order valence-corrected chi connectivity index (χ3v) is 3.92. The van der Waals surface area contributed by atoms with E-state index in [2.05, 4.69) is 25.9 Å². The van der Waals surface area contributed by atoms with Gasteiger partial charge in [-0.3, -0.25) is 0 Å². The summed E-state index contributed by atoms with van der Waals surface area (Å²) in [6.07, 6.45) is 1.49. The van der Waals surface area contributed by atoms with E-state index in [4.69, 9.17) is 10.5 Å². The molecule has 1 aromatic carbocycles. The normalized spacial score (nSPS) is 10.7. The van der Waals surface area contributed by atoms with Gasteiger partial charge in [-0.1, -0.05) is 0 Å². The second-order valence-corrected chi connectivity index (χ2v) is 5.38. The lowest BCUT2D eigenvalue weighted by Gasteiger charge is -2.07. The molecule has 0 aliphatic heterocycles. The lowest BCUT2D eigenvalue weighted by molar-refractivity contribution is 0.466. The van der Waals surface area contributed by atoms with Gasteiger partial charge in [0, 0.05) is 11.8 Å². The topological polar surface area (TPSA) is 61.0 Å². The van der Waals surface area contributed by atoms with Crippen LogP contribution < -0.4 is 10.5 Å². The molecule has 2 aromatic heterocycles. The Labute approximate surface area is 116 Å². The van der Waals surface area contributed by atoms with Crippen LogP contribution in [0.25, 0.3) is 10.2 Å². The second-order valence-electron chi connectivity index (χ2n) is 3.61. The first-order chi connectivity index (χ1) is 8.74. The maximum atomic E-state index is 5.79. The maximum absolute atomic E-state index is 5.79. The highest BCUT2D eigenvalue weighted by Crippen LogP contribution is 2.34. The Morgan fingerprint density at radius 3 is 3.00 bits per heavy atom. The van der Waals surface area contributed by atoms with Gasteiger partial charge in [-0.2, -0.15) is 0 Å². The number of halogens is 1. The van der Waals surface area contributed by atoms with Crippen molar-refractivity contribution in [1.82, 2.24) is 9.97 Å². The van der Waals surface area contributed by atoms with Crippen LogP contribution in [-0.2, 0) is 0 Å². The number of ether oxygens (including phenoxy) is 1. The van der Waals surface area contributed by atoms with E-state index in [0.29, 0.717) is 17.3 Å². The first-order valence-corrected chi connectivity index (χ1v) is 6.82. The first kappa shape index (κ1) is 11.4. The molecular formula is C12H8BrN3OS. The van der Waals surface area contributed by atoms with E-state index in [9.17, 15) is 0 Å². The number of anilines is 1.